The first kappa shape index (κ1) is 12.2. The Hall–Kier alpha value is -1.86. The van der Waals surface area contributed by atoms with Crippen molar-refractivity contribution in [3.63, 3.8) is 0 Å². The van der Waals surface area contributed by atoms with Gasteiger partial charge in [0.05, 0.1) is 19.3 Å². The van der Waals surface area contributed by atoms with Gasteiger partial charge in [-0.05, 0) is 18.2 Å². The van der Waals surface area contributed by atoms with Crippen LogP contribution in [0.15, 0.2) is 18.2 Å². The third-order valence-electron chi connectivity index (χ3n) is 1.84. The lowest BCUT2D eigenvalue weighted by molar-refractivity contribution is 0.0595. The quantitative estimate of drug-likeness (QED) is 0.606. The standard InChI is InChI=1S/C12H11FO3/c1-16-12(15)10-6-5-9(8-11(10)13)4-2-3-7-14/h5-6,8,14H,3,7H2,1H3. The summed E-state index contributed by atoms with van der Waals surface area (Å²) in [6.45, 7) is -0.0320. The molecule has 0 aliphatic rings. The van der Waals surface area contributed by atoms with Crippen LogP contribution in [0.2, 0.25) is 0 Å². The van der Waals surface area contributed by atoms with Crippen molar-refractivity contribution in [1.29, 1.82) is 0 Å². The lowest BCUT2D eigenvalue weighted by atomic mass is 10.1. The number of aliphatic hydroxyl groups excluding tert-OH is 1. The van der Waals surface area contributed by atoms with Gasteiger partial charge < -0.3 is 9.84 Å². The predicted octanol–water partition coefficient (Wildman–Crippen LogP) is 1.35. The highest BCUT2D eigenvalue weighted by molar-refractivity contribution is 5.89. The Balaban J connectivity index is 2.92. The van der Waals surface area contributed by atoms with Crippen molar-refractivity contribution in [1.82, 2.24) is 0 Å². The second-order valence-electron chi connectivity index (χ2n) is 2.96. The summed E-state index contributed by atoms with van der Waals surface area (Å²) in [7, 11) is 1.19. The molecule has 0 saturated heterocycles. The highest BCUT2D eigenvalue weighted by Gasteiger charge is 2.11. The van der Waals surface area contributed by atoms with Crippen molar-refractivity contribution < 1.29 is 19.0 Å². The van der Waals surface area contributed by atoms with Crippen LogP contribution in [0.4, 0.5) is 4.39 Å². The van der Waals surface area contributed by atoms with Crippen LogP contribution < -0.4 is 0 Å². The molecule has 0 unspecified atom stereocenters. The van der Waals surface area contributed by atoms with Crippen molar-refractivity contribution in [2.24, 2.45) is 0 Å². The second kappa shape index (κ2) is 5.89. The van der Waals surface area contributed by atoms with Gasteiger partial charge in [0, 0.05) is 12.0 Å². The first-order chi connectivity index (χ1) is 7.69. The zero-order valence-corrected chi connectivity index (χ0v) is 8.79. The van der Waals surface area contributed by atoms with E-state index in [0.29, 0.717) is 12.0 Å². The second-order valence-corrected chi connectivity index (χ2v) is 2.96. The summed E-state index contributed by atoms with van der Waals surface area (Å²) in [4.78, 5) is 11.1. The van der Waals surface area contributed by atoms with Crippen LogP contribution in [-0.2, 0) is 4.74 Å². The van der Waals surface area contributed by atoms with Crippen LogP contribution in [0.3, 0.4) is 0 Å². The molecule has 0 saturated carbocycles. The van der Waals surface area contributed by atoms with Crippen LogP contribution in [0, 0.1) is 17.7 Å². The molecule has 0 aliphatic carbocycles. The highest BCUT2D eigenvalue weighted by atomic mass is 19.1. The van der Waals surface area contributed by atoms with Gasteiger partial charge >= 0.3 is 5.97 Å². The summed E-state index contributed by atoms with van der Waals surface area (Å²) in [5, 5.41) is 8.51. The van der Waals surface area contributed by atoms with Crippen molar-refractivity contribution >= 4 is 5.97 Å². The Morgan fingerprint density at radius 1 is 1.56 bits per heavy atom. The van der Waals surface area contributed by atoms with E-state index in [1.165, 1.54) is 19.2 Å². The maximum atomic E-state index is 13.4. The third-order valence-corrected chi connectivity index (χ3v) is 1.84. The molecule has 0 radical (unpaired) electrons. The Morgan fingerprint density at radius 3 is 2.88 bits per heavy atom. The van der Waals surface area contributed by atoms with E-state index in [4.69, 9.17) is 5.11 Å². The Kier molecular flexibility index (Phi) is 4.49. The average molecular weight is 222 g/mol. The number of carbonyl (C=O) groups is 1. The van der Waals surface area contributed by atoms with Crippen molar-refractivity contribution in [2.45, 2.75) is 6.42 Å². The molecular weight excluding hydrogens is 211 g/mol. The molecule has 1 N–H and O–H groups in total. The van der Waals surface area contributed by atoms with E-state index in [9.17, 15) is 9.18 Å². The molecular formula is C12H11FO3. The molecule has 0 amide bonds. The maximum absolute atomic E-state index is 13.4. The minimum atomic E-state index is -0.715. The number of esters is 1. The highest BCUT2D eigenvalue weighted by Crippen LogP contribution is 2.10. The van der Waals surface area contributed by atoms with E-state index in [1.807, 2.05) is 0 Å². The molecule has 0 bridgehead atoms. The minimum absolute atomic E-state index is 0.0320. The average Bonchev–Trinajstić information content (AvgIpc) is 2.29. The van der Waals surface area contributed by atoms with Gasteiger partial charge in [-0.3, -0.25) is 0 Å². The Bertz CT molecular complexity index is 443. The molecule has 16 heavy (non-hydrogen) atoms. The summed E-state index contributed by atoms with van der Waals surface area (Å²) >= 11 is 0. The van der Waals surface area contributed by atoms with Gasteiger partial charge in [-0.1, -0.05) is 11.8 Å². The lowest BCUT2D eigenvalue weighted by Gasteiger charge is -2.00. The fourth-order valence-corrected chi connectivity index (χ4v) is 1.09. The van der Waals surface area contributed by atoms with Crippen molar-refractivity contribution in [2.75, 3.05) is 13.7 Å². The maximum Gasteiger partial charge on any atom is 0.340 e. The summed E-state index contributed by atoms with van der Waals surface area (Å²) in [6, 6.07) is 4.01. The zero-order chi connectivity index (χ0) is 12.0. The summed E-state index contributed by atoms with van der Waals surface area (Å²) in [5.41, 5.74) is 0.341. The molecule has 1 aromatic rings. The van der Waals surface area contributed by atoms with E-state index in [1.54, 1.807) is 0 Å². The van der Waals surface area contributed by atoms with Gasteiger partial charge in [0.2, 0.25) is 0 Å². The summed E-state index contributed by atoms with van der Waals surface area (Å²) in [5.74, 6) is 3.95. The Labute approximate surface area is 92.9 Å². The SMILES string of the molecule is COC(=O)c1ccc(C#CCCO)cc1F. The number of carbonyl (C=O) groups excluding carboxylic acids is 1. The van der Waals surface area contributed by atoms with E-state index in [0.717, 1.165) is 6.07 Å². The van der Waals surface area contributed by atoms with Gasteiger partial charge in [0.25, 0.3) is 0 Å². The fraction of sp³-hybridized carbons (Fsp3) is 0.250. The largest absolute Gasteiger partial charge is 0.465 e. The van der Waals surface area contributed by atoms with Crippen molar-refractivity contribution in [3.8, 4) is 11.8 Å². The molecule has 0 heterocycles. The number of hydrogen-bond donors (Lipinski definition) is 1. The van der Waals surface area contributed by atoms with E-state index >= 15 is 0 Å². The monoisotopic (exact) mass is 222 g/mol. The predicted molar refractivity (Wildman–Crippen MR) is 56.3 cm³/mol. The van der Waals surface area contributed by atoms with Gasteiger partial charge in [-0.2, -0.15) is 0 Å². The Morgan fingerprint density at radius 2 is 2.31 bits per heavy atom. The van der Waals surface area contributed by atoms with Crippen LogP contribution in [0.5, 0.6) is 0 Å². The molecule has 3 nitrogen and oxygen atoms in total. The molecule has 1 rings (SSSR count). The number of aliphatic hydroxyl groups is 1. The number of halogens is 1. The molecule has 0 aromatic heterocycles. The van der Waals surface area contributed by atoms with Crippen LogP contribution >= 0.6 is 0 Å². The van der Waals surface area contributed by atoms with Gasteiger partial charge in [-0.15, -0.1) is 0 Å². The van der Waals surface area contributed by atoms with Crippen molar-refractivity contribution in [3.05, 3.63) is 35.1 Å². The van der Waals surface area contributed by atoms with E-state index in [2.05, 4.69) is 16.6 Å². The fourth-order valence-electron chi connectivity index (χ4n) is 1.09. The van der Waals surface area contributed by atoms with E-state index < -0.39 is 11.8 Å². The molecule has 4 heteroatoms. The molecule has 84 valence electrons. The number of rotatable bonds is 2. The molecule has 0 fully saturated rings. The third kappa shape index (κ3) is 3.07. The molecule has 1 aromatic carbocycles. The first-order valence-electron chi connectivity index (χ1n) is 4.66. The van der Waals surface area contributed by atoms with E-state index in [-0.39, 0.29) is 12.2 Å². The van der Waals surface area contributed by atoms with Gasteiger partial charge in [-0.25, -0.2) is 9.18 Å². The lowest BCUT2D eigenvalue weighted by Crippen LogP contribution is -2.04. The van der Waals surface area contributed by atoms with Crippen LogP contribution in [0.25, 0.3) is 0 Å². The molecule has 0 spiro atoms. The number of methoxy groups -OCH3 is 1. The van der Waals surface area contributed by atoms with Crippen LogP contribution in [-0.4, -0.2) is 24.8 Å². The van der Waals surface area contributed by atoms with Gasteiger partial charge in [0.1, 0.15) is 5.82 Å². The normalized spacial score (nSPS) is 9.19. The van der Waals surface area contributed by atoms with Gasteiger partial charge in [0.15, 0.2) is 0 Å². The molecule has 0 atom stereocenters. The zero-order valence-electron chi connectivity index (χ0n) is 8.79. The number of hydrogen-bond acceptors (Lipinski definition) is 3. The number of ether oxygens (including phenoxy) is 1. The molecule has 0 aliphatic heterocycles. The topological polar surface area (TPSA) is 46.5 Å². The number of benzene rings is 1. The summed E-state index contributed by atoms with van der Waals surface area (Å²) in [6.07, 6.45) is 0.334. The minimum Gasteiger partial charge on any atom is -0.465 e. The van der Waals surface area contributed by atoms with Crippen LogP contribution in [0.1, 0.15) is 22.3 Å². The summed E-state index contributed by atoms with van der Waals surface area (Å²) < 4.78 is 17.8. The first-order valence-corrected chi connectivity index (χ1v) is 4.66. The smallest absolute Gasteiger partial charge is 0.340 e.